The number of alkyl halides is 3. The van der Waals surface area contributed by atoms with Crippen molar-refractivity contribution < 1.29 is 22.6 Å². The Kier molecular flexibility index (Phi) is 11.7. The molecule has 0 saturated heterocycles. The molecule has 1 saturated carbocycles. The number of hydrogen-bond donors (Lipinski definition) is 2. The van der Waals surface area contributed by atoms with E-state index in [1.54, 1.807) is 19.2 Å². The lowest BCUT2D eigenvalue weighted by Gasteiger charge is -2.30. The van der Waals surface area contributed by atoms with Crippen LogP contribution in [0.25, 0.3) is 0 Å². The van der Waals surface area contributed by atoms with Crippen LogP contribution in [0, 0.1) is 5.41 Å². The van der Waals surface area contributed by atoms with Gasteiger partial charge in [0.15, 0.2) is 12.6 Å². The zero-order chi connectivity index (χ0) is 21.2. The summed E-state index contributed by atoms with van der Waals surface area (Å²) in [6.45, 7) is 2.96. The van der Waals surface area contributed by atoms with Gasteiger partial charge in [-0.25, -0.2) is 9.98 Å². The molecular weight excluding hydrogens is 512 g/mol. The number of aromatic nitrogens is 1. The highest BCUT2D eigenvalue weighted by Crippen LogP contribution is 2.40. The molecule has 0 amide bonds. The van der Waals surface area contributed by atoms with Crippen LogP contribution in [0.5, 0.6) is 5.88 Å². The second-order valence-corrected chi connectivity index (χ2v) is 7.37. The van der Waals surface area contributed by atoms with Crippen molar-refractivity contribution in [2.45, 2.75) is 51.7 Å². The van der Waals surface area contributed by atoms with Crippen molar-refractivity contribution in [1.82, 2.24) is 15.6 Å². The van der Waals surface area contributed by atoms with Gasteiger partial charge in [0.05, 0.1) is 6.54 Å². The first kappa shape index (κ1) is 26.7. The number of nitrogens with zero attached hydrogens (tertiary/aromatic N) is 2. The van der Waals surface area contributed by atoms with Gasteiger partial charge < -0.3 is 20.1 Å². The Bertz CT molecular complexity index is 653. The van der Waals surface area contributed by atoms with Crippen LogP contribution in [0.3, 0.4) is 0 Å². The average Bonchev–Trinajstić information content (AvgIpc) is 3.16. The fourth-order valence-corrected chi connectivity index (χ4v) is 3.56. The minimum absolute atomic E-state index is 0. The third kappa shape index (κ3) is 9.23. The second-order valence-electron chi connectivity index (χ2n) is 7.37. The SMILES string of the molecule is CCNC(=NCc1cccnc1OCC(F)(F)F)NCC1(CCOC)CCCC1.I. The summed E-state index contributed by atoms with van der Waals surface area (Å²) in [7, 11) is 1.72. The van der Waals surface area contributed by atoms with E-state index in [-0.39, 0.29) is 41.8 Å². The molecule has 1 aliphatic carbocycles. The highest BCUT2D eigenvalue weighted by molar-refractivity contribution is 14.0. The predicted octanol–water partition coefficient (Wildman–Crippen LogP) is 4.29. The molecule has 1 aromatic rings. The zero-order valence-corrected chi connectivity index (χ0v) is 19.9. The van der Waals surface area contributed by atoms with Crippen molar-refractivity contribution in [2.75, 3.05) is 33.4 Å². The van der Waals surface area contributed by atoms with E-state index in [0.717, 1.165) is 32.4 Å². The summed E-state index contributed by atoms with van der Waals surface area (Å²) >= 11 is 0. The molecule has 0 spiro atoms. The van der Waals surface area contributed by atoms with Gasteiger partial charge in [0, 0.05) is 38.6 Å². The highest BCUT2D eigenvalue weighted by Gasteiger charge is 2.33. The van der Waals surface area contributed by atoms with E-state index in [2.05, 4.69) is 20.6 Å². The molecule has 10 heteroatoms. The molecule has 0 bridgehead atoms. The molecule has 1 heterocycles. The molecule has 0 aliphatic heterocycles. The molecule has 6 nitrogen and oxygen atoms in total. The number of rotatable bonds is 10. The molecule has 30 heavy (non-hydrogen) atoms. The number of hydrogen-bond acceptors (Lipinski definition) is 4. The molecule has 2 N–H and O–H groups in total. The number of halogens is 4. The largest absolute Gasteiger partial charge is 0.468 e. The molecule has 0 unspecified atom stereocenters. The first-order valence-corrected chi connectivity index (χ1v) is 10.0. The first-order chi connectivity index (χ1) is 13.9. The highest BCUT2D eigenvalue weighted by atomic mass is 127. The summed E-state index contributed by atoms with van der Waals surface area (Å²) in [6, 6.07) is 3.33. The quantitative estimate of drug-likeness (QED) is 0.262. The van der Waals surface area contributed by atoms with E-state index >= 15 is 0 Å². The molecule has 1 aromatic heterocycles. The van der Waals surface area contributed by atoms with Crippen LogP contribution in [-0.2, 0) is 11.3 Å². The van der Waals surface area contributed by atoms with E-state index < -0.39 is 12.8 Å². The number of guanidine groups is 1. The minimum Gasteiger partial charge on any atom is -0.468 e. The fraction of sp³-hybridized carbons (Fsp3) is 0.700. The van der Waals surface area contributed by atoms with Gasteiger partial charge in [0.1, 0.15) is 0 Å². The second kappa shape index (κ2) is 13.2. The van der Waals surface area contributed by atoms with Crippen LogP contribution in [0.2, 0.25) is 0 Å². The van der Waals surface area contributed by atoms with E-state index in [4.69, 9.17) is 9.47 Å². The maximum atomic E-state index is 12.5. The van der Waals surface area contributed by atoms with Crippen molar-refractivity contribution in [1.29, 1.82) is 0 Å². The molecule has 0 atom stereocenters. The fourth-order valence-electron chi connectivity index (χ4n) is 3.56. The zero-order valence-electron chi connectivity index (χ0n) is 17.6. The van der Waals surface area contributed by atoms with Crippen LogP contribution in [0.1, 0.15) is 44.6 Å². The molecule has 0 aromatic carbocycles. The lowest BCUT2D eigenvalue weighted by Crippen LogP contribution is -2.43. The first-order valence-electron chi connectivity index (χ1n) is 10.0. The number of aliphatic imine (C=N–C) groups is 1. The van der Waals surface area contributed by atoms with Crippen molar-refractivity contribution in [3.8, 4) is 5.88 Å². The Morgan fingerprint density at radius 3 is 2.63 bits per heavy atom. The summed E-state index contributed by atoms with van der Waals surface area (Å²) in [4.78, 5) is 8.44. The molecule has 172 valence electrons. The Balaban J connectivity index is 0.00000450. The standard InChI is InChI=1S/C20H31F3N4O2.HI/c1-3-24-18(27-14-19(10-12-28-2)8-4-5-9-19)26-13-16-7-6-11-25-17(16)29-15-20(21,22)23;/h6-7,11H,3-5,8-10,12-15H2,1-2H3,(H2,24,26,27);1H. The number of nitrogens with one attached hydrogen (secondary N) is 2. The molecule has 1 fully saturated rings. The topological polar surface area (TPSA) is 67.8 Å². The lowest BCUT2D eigenvalue weighted by molar-refractivity contribution is -0.154. The van der Waals surface area contributed by atoms with Gasteiger partial charge in [-0.2, -0.15) is 13.2 Å². The van der Waals surface area contributed by atoms with Crippen LogP contribution in [-0.4, -0.2) is 50.5 Å². The smallest absolute Gasteiger partial charge is 0.422 e. The van der Waals surface area contributed by atoms with Gasteiger partial charge in [-0.05, 0) is 37.7 Å². The molecular formula is C20H32F3IN4O2. The van der Waals surface area contributed by atoms with E-state index in [0.29, 0.717) is 18.1 Å². The van der Waals surface area contributed by atoms with Gasteiger partial charge in [0.2, 0.25) is 5.88 Å². The molecule has 0 radical (unpaired) electrons. The van der Waals surface area contributed by atoms with Crippen molar-refractivity contribution in [2.24, 2.45) is 10.4 Å². The number of pyridine rings is 1. The van der Waals surface area contributed by atoms with Gasteiger partial charge in [-0.1, -0.05) is 18.9 Å². The molecule has 2 rings (SSSR count). The summed E-state index contributed by atoms with van der Waals surface area (Å²) in [6.07, 6.45) is 2.73. The predicted molar refractivity (Wildman–Crippen MR) is 121 cm³/mol. The van der Waals surface area contributed by atoms with Crippen LogP contribution < -0.4 is 15.4 Å². The maximum Gasteiger partial charge on any atom is 0.422 e. The van der Waals surface area contributed by atoms with Crippen LogP contribution in [0.15, 0.2) is 23.3 Å². The monoisotopic (exact) mass is 544 g/mol. The van der Waals surface area contributed by atoms with Crippen molar-refractivity contribution >= 4 is 29.9 Å². The van der Waals surface area contributed by atoms with Crippen LogP contribution in [0.4, 0.5) is 13.2 Å². The van der Waals surface area contributed by atoms with Crippen molar-refractivity contribution in [3.05, 3.63) is 23.9 Å². The summed E-state index contributed by atoms with van der Waals surface area (Å²) in [5.74, 6) is 0.582. The summed E-state index contributed by atoms with van der Waals surface area (Å²) in [5, 5.41) is 6.59. The lowest BCUT2D eigenvalue weighted by atomic mass is 9.83. The Labute approximate surface area is 193 Å². The summed E-state index contributed by atoms with van der Waals surface area (Å²) < 4.78 is 47.5. The Morgan fingerprint density at radius 2 is 2.00 bits per heavy atom. The van der Waals surface area contributed by atoms with Crippen LogP contribution >= 0.6 is 24.0 Å². The normalized spacial score (nSPS) is 16.1. The Morgan fingerprint density at radius 1 is 1.27 bits per heavy atom. The maximum absolute atomic E-state index is 12.5. The number of ether oxygens (including phenoxy) is 2. The van der Waals surface area contributed by atoms with E-state index in [9.17, 15) is 13.2 Å². The Hall–Kier alpha value is -1.30. The van der Waals surface area contributed by atoms with E-state index in [1.165, 1.54) is 19.0 Å². The third-order valence-corrected chi connectivity index (χ3v) is 5.11. The average molecular weight is 544 g/mol. The minimum atomic E-state index is -4.41. The van der Waals surface area contributed by atoms with Gasteiger partial charge in [-0.15, -0.1) is 24.0 Å². The van der Waals surface area contributed by atoms with Gasteiger partial charge >= 0.3 is 6.18 Å². The number of methoxy groups -OCH3 is 1. The summed E-state index contributed by atoms with van der Waals surface area (Å²) in [5.41, 5.74) is 0.700. The van der Waals surface area contributed by atoms with Gasteiger partial charge in [-0.3, -0.25) is 0 Å². The van der Waals surface area contributed by atoms with Crippen molar-refractivity contribution in [3.63, 3.8) is 0 Å². The molecule has 1 aliphatic rings. The van der Waals surface area contributed by atoms with Gasteiger partial charge in [0.25, 0.3) is 0 Å². The van der Waals surface area contributed by atoms with E-state index in [1.807, 2.05) is 6.92 Å². The third-order valence-electron chi connectivity index (χ3n) is 5.11.